The van der Waals surface area contributed by atoms with E-state index >= 15 is 0 Å². The van der Waals surface area contributed by atoms with Crippen molar-refractivity contribution in [3.05, 3.63) is 78.7 Å². The van der Waals surface area contributed by atoms with Gasteiger partial charge in [-0.3, -0.25) is 19.0 Å². The normalized spacial score (nSPS) is 15.4. The molecular formula is C20H15ClF6N6O2. The van der Waals surface area contributed by atoms with Crippen molar-refractivity contribution in [1.82, 2.24) is 19.3 Å². The van der Waals surface area contributed by atoms with E-state index in [-0.39, 0.29) is 10.6 Å². The van der Waals surface area contributed by atoms with Crippen LogP contribution in [-0.2, 0) is 19.1 Å². The molecule has 8 nitrogen and oxygen atoms in total. The van der Waals surface area contributed by atoms with Crippen molar-refractivity contribution in [1.29, 1.82) is 0 Å². The molecule has 0 bridgehead atoms. The van der Waals surface area contributed by atoms with Gasteiger partial charge in [-0.25, -0.2) is 9.79 Å². The van der Waals surface area contributed by atoms with Crippen LogP contribution in [0.15, 0.2) is 45.0 Å². The molecule has 2 N–H and O–H groups in total. The second-order valence-electron chi connectivity index (χ2n) is 7.78. The number of alkyl halides is 6. The Bertz CT molecular complexity index is 1440. The van der Waals surface area contributed by atoms with Crippen molar-refractivity contribution >= 4 is 23.3 Å². The van der Waals surface area contributed by atoms with Crippen molar-refractivity contribution < 1.29 is 26.3 Å². The van der Waals surface area contributed by atoms with Crippen LogP contribution < -0.4 is 16.6 Å². The Morgan fingerprint density at radius 2 is 1.66 bits per heavy atom. The summed E-state index contributed by atoms with van der Waals surface area (Å²) in [5, 5.41) is 6.58. The van der Waals surface area contributed by atoms with Crippen LogP contribution in [0.1, 0.15) is 22.4 Å². The first-order valence-corrected chi connectivity index (χ1v) is 10.2. The summed E-state index contributed by atoms with van der Waals surface area (Å²) in [7, 11) is 1.55. The van der Waals surface area contributed by atoms with Gasteiger partial charge in [0.2, 0.25) is 0 Å². The quantitative estimate of drug-likeness (QED) is 0.517. The SMILES string of the molecule is Cc1nn(C)cc1Cn1c2c(c(=O)[nH]c1=O)C(C(F)(F)F)(C(F)(F)F)N=C(c1ccc(Cl)cc1)N2. The number of hydrogen-bond donors (Lipinski definition) is 2. The summed E-state index contributed by atoms with van der Waals surface area (Å²) in [6.45, 7) is 1.06. The molecule has 3 aromatic rings. The number of amidine groups is 1. The monoisotopic (exact) mass is 520 g/mol. The number of anilines is 1. The Morgan fingerprint density at radius 1 is 1.06 bits per heavy atom. The molecule has 3 heterocycles. The first-order valence-electron chi connectivity index (χ1n) is 9.78. The van der Waals surface area contributed by atoms with E-state index in [1.807, 2.05) is 0 Å². The summed E-state index contributed by atoms with van der Waals surface area (Å²) >= 11 is 5.79. The zero-order chi connectivity index (χ0) is 25.9. The van der Waals surface area contributed by atoms with E-state index in [0.29, 0.717) is 15.8 Å². The van der Waals surface area contributed by atoms with Crippen molar-refractivity contribution in [2.24, 2.45) is 12.0 Å². The van der Waals surface area contributed by atoms with Crippen LogP contribution in [0.3, 0.4) is 0 Å². The molecule has 0 saturated carbocycles. The fraction of sp³-hybridized carbons (Fsp3) is 0.300. The Labute approximate surface area is 196 Å². The third kappa shape index (κ3) is 3.90. The third-order valence-electron chi connectivity index (χ3n) is 5.46. The lowest BCUT2D eigenvalue weighted by molar-refractivity contribution is -0.301. The molecule has 0 radical (unpaired) electrons. The van der Waals surface area contributed by atoms with E-state index in [4.69, 9.17) is 11.6 Å². The van der Waals surface area contributed by atoms with E-state index in [1.165, 1.54) is 23.0 Å². The summed E-state index contributed by atoms with van der Waals surface area (Å²) in [4.78, 5) is 29.8. The standard InChI is InChI=1S/C20H15ClF6N6O2/c1-9-11(7-32(2)31-9)8-33-15-13(16(34)29-17(33)35)18(19(22,23)24,20(25,26)27)30-14(28-15)10-3-5-12(21)6-4-10/h3-7H,8H2,1-2H3,(H,28,30)(H,29,34,35). The topological polar surface area (TPSA) is 97.1 Å². The molecule has 0 spiro atoms. The third-order valence-corrected chi connectivity index (χ3v) is 5.71. The van der Waals surface area contributed by atoms with Gasteiger partial charge in [0.1, 0.15) is 17.2 Å². The lowest BCUT2D eigenvalue weighted by Crippen LogP contribution is -2.59. The van der Waals surface area contributed by atoms with Gasteiger partial charge in [0.25, 0.3) is 11.1 Å². The predicted molar refractivity (Wildman–Crippen MR) is 114 cm³/mol. The Kier molecular flexibility index (Phi) is 5.62. The van der Waals surface area contributed by atoms with Crippen LogP contribution >= 0.6 is 11.6 Å². The van der Waals surface area contributed by atoms with Crippen molar-refractivity contribution in [2.45, 2.75) is 31.4 Å². The number of benzene rings is 1. The first kappa shape index (κ1) is 24.6. The minimum absolute atomic E-state index is 0.170. The second kappa shape index (κ2) is 8.00. The van der Waals surface area contributed by atoms with E-state index in [1.54, 1.807) is 19.0 Å². The number of aliphatic imine (C=N–C) groups is 1. The van der Waals surface area contributed by atoms with Gasteiger partial charge < -0.3 is 5.32 Å². The molecule has 1 aliphatic heterocycles. The average Bonchev–Trinajstić information content (AvgIpc) is 3.05. The highest BCUT2D eigenvalue weighted by Gasteiger charge is 2.75. The minimum Gasteiger partial charge on any atom is -0.326 e. The van der Waals surface area contributed by atoms with Crippen LogP contribution in [0.4, 0.5) is 32.2 Å². The largest absolute Gasteiger partial charge is 0.427 e. The zero-order valence-electron chi connectivity index (χ0n) is 17.8. The highest BCUT2D eigenvalue weighted by molar-refractivity contribution is 6.30. The molecule has 0 fully saturated rings. The molecule has 0 saturated heterocycles. The van der Waals surface area contributed by atoms with Crippen molar-refractivity contribution in [3.63, 3.8) is 0 Å². The Morgan fingerprint density at radius 3 is 2.17 bits per heavy atom. The smallest absolute Gasteiger partial charge is 0.326 e. The Balaban J connectivity index is 2.09. The van der Waals surface area contributed by atoms with Crippen molar-refractivity contribution in [2.75, 3.05) is 5.32 Å². The van der Waals surface area contributed by atoms with Gasteiger partial charge in [0, 0.05) is 29.4 Å². The van der Waals surface area contributed by atoms with E-state index in [0.717, 1.165) is 12.1 Å². The van der Waals surface area contributed by atoms with E-state index in [9.17, 15) is 35.9 Å². The Hall–Kier alpha value is -3.55. The number of hydrogen-bond acceptors (Lipinski definition) is 5. The predicted octanol–water partition coefficient (Wildman–Crippen LogP) is 3.47. The van der Waals surface area contributed by atoms with Gasteiger partial charge in [0.05, 0.1) is 12.2 Å². The average molecular weight is 521 g/mol. The van der Waals surface area contributed by atoms with E-state index in [2.05, 4.69) is 15.4 Å². The molecule has 0 atom stereocenters. The number of nitrogens with zero attached hydrogens (tertiary/aromatic N) is 4. The van der Waals surface area contributed by atoms with Crippen LogP contribution in [-0.4, -0.2) is 37.5 Å². The number of aromatic amines is 1. The summed E-state index contributed by atoms with van der Waals surface area (Å²) in [6.07, 6.45) is -10.8. The lowest BCUT2D eigenvalue weighted by atomic mass is 9.87. The lowest BCUT2D eigenvalue weighted by Gasteiger charge is -2.38. The fourth-order valence-electron chi connectivity index (χ4n) is 3.84. The minimum atomic E-state index is -6.10. The first-order chi connectivity index (χ1) is 16.2. The fourth-order valence-corrected chi connectivity index (χ4v) is 3.97. The summed E-state index contributed by atoms with van der Waals surface area (Å²) in [6, 6.07) is 4.78. The molecule has 1 aliphatic rings. The molecule has 0 amide bonds. The van der Waals surface area contributed by atoms with Gasteiger partial charge in [-0.1, -0.05) is 11.6 Å². The molecule has 1 aromatic carbocycles. The maximum Gasteiger partial charge on any atom is 0.427 e. The summed E-state index contributed by atoms with van der Waals surface area (Å²) < 4.78 is 87.7. The molecule has 15 heteroatoms. The van der Waals surface area contributed by atoms with Gasteiger partial charge in [0.15, 0.2) is 0 Å². The maximum atomic E-state index is 14.3. The van der Waals surface area contributed by atoms with Gasteiger partial charge >= 0.3 is 18.0 Å². The highest BCUT2D eigenvalue weighted by Crippen LogP contribution is 2.55. The number of halogens is 7. The van der Waals surface area contributed by atoms with Crippen LogP contribution in [0, 0.1) is 6.92 Å². The molecule has 4 rings (SSSR count). The number of aryl methyl sites for hydroxylation is 2. The second-order valence-corrected chi connectivity index (χ2v) is 8.22. The van der Waals surface area contributed by atoms with Gasteiger partial charge in [-0.05, 0) is 31.2 Å². The highest BCUT2D eigenvalue weighted by atomic mass is 35.5. The molecule has 186 valence electrons. The van der Waals surface area contributed by atoms with Gasteiger partial charge in [-0.15, -0.1) is 0 Å². The summed E-state index contributed by atoms with van der Waals surface area (Å²) in [5.41, 5.74) is -9.33. The number of H-pyrrole nitrogens is 1. The number of fused-ring (bicyclic) bond motifs is 1. The molecular weight excluding hydrogens is 506 g/mol. The molecule has 0 unspecified atom stereocenters. The van der Waals surface area contributed by atoms with Gasteiger partial charge in [-0.2, -0.15) is 31.4 Å². The molecule has 2 aromatic heterocycles. The van der Waals surface area contributed by atoms with Crippen LogP contribution in [0.2, 0.25) is 5.02 Å². The summed E-state index contributed by atoms with van der Waals surface area (Å²) in [5.74, 6) is -1.85. The number of aromatic nitrogens is 4. The van der Waals surface area contributed by atoms with Crippen LogP contribution in [0.25, 0.3) is 0 Å². The number of nitrogens with one attached hydrogen (secondary N) is 2. The molecule has 0 aliphatic carbocycles. The maximum absolute atomic E-state index is 14.3. The zero-order valence-corrected chi connectivity index (χ0v) is 18.6. The van der Waals surface area contributed by atoms with Crippen molar-refractivity contribution in [3.8, 4) is 0 Å². The molecule has 35 heavy (non-hydrogen) atoms. The van der Waals surface area contributed by atoms with Crippen LogP contribution in [0.5, 0.6) is 0 Å². The van der Waals surface area contributed by atoms with E-state index < -0.39 is 52.9 Å². The number of rotatable bonds is 3.